The Morgan fingerprint density at radius 3 is 2.61 bits per heavy atom. The third-order valence-corrected chi connectivity index (χ3v) is 4.33. The van der Waals surface area contributed by atoms with Gasteiger partial charge in [0.1, 0.15) is 4.90 Å². The minimum absolute atomic E-state index is 0.0226. The van der Waals surface area contributed by atoms with E-state index in [1.54, 1.807) is 0 Å². The van der Waals surface area contributed by atoms with Crippen molar-refractivity contribution in [2.45, 2.75) is 24.3 Å². The maximum absolute atomic E-state index is 12.0. The SMILES string of the molecule is CC(CC(=O)O)NS(=O)(=O)c1cc(Cl)ccc1Cl. The fraction of sp³-hybridized carbons (Fsp3) is 0.300. The minimum Gasteiger partial charge on any atom is -0.481 e. The van der Waals surface area contributed by atoms with E-state index in [9.17, 15) is 13.2 Å². The predicted octanol–water partition coefficient (Wildman–Crippen LogP) is 2.13. The summed E-state index contributed by atoms with van der Waals surface area (Å²) in [7, 11) is -3.89. The summed E-state index contributed by atoms with van der Waals surface area (Å²) >= 11 is 11.5. The standard InChI is InChI=1S/C10H11Cl2NO4S/c1-6(4-10(14)15)13-18(16,17)9-5-7(11)2-3-8(9)12/h2-3,5-6,13H,4H2,1H3,(H,14,15). The van der Waals surface area contributed by atoms with Crippen LogP contribution in [-0.2, 0) is 14.8 Å². The van der Waals surface area contributed by atoms with Crippen LogP contribution in [0.15, 0.2) is 23.1 Å². The molecule has 0 radical (unpaired) electrons. The fourth-order valence-electron chi connectivity index (χ4n) is 1.32. The highest BCUT2D eigenvalue weighted by Crippen LogP contribution is 2.25. The Kier molecular flexibility index (Phi) is 4.98. The first-order valence-corrected chi connectivity index (χ1v) is 7.15. The van der Waals surface area contributed by atoms with Gasteiger partial charge in [0, 0.05) is 11.1 Å². The van der Waals surface area contributed by atoms with Crippen LogP contribution in [0.2, 0.25) is 10.0 Å². The molecule has 2 N–H and O–H groups in total. The summed E-state index contributed by atoms with van der Waals surface area (Å²) < 4.78 is 26.1. The van der Waals surface area contributed by atoms with Crippen LogP contribution in [0.25, 0.3) is 0 Å². The second kappa shape index (κ2) is 5.88. The zero-order valence-electron chi connectivity index (χ0n) is 9.35. The predicted molar refractivity (Wildman–Crippen MR) is 68.5 cm³/mol. The molecule has 100 valence electrons. The van der Waals surface area contributed by atoms with Crippen molar-refractivity contribution in [3.05, 3.63) is 28.2 Å². The summed E-state index contributed by atoms with van der Waals surface area (Å²) in [5.41, 5.74) is 0. The molecule has 0 aromatic heterocycles. The largest absolute Gasteiger partial charge is 0.481 e. The van der Waals surface area contributed by atoms with Crippen LogP contribution in [0, 0.1) is 0 Å². The molecule has 0 saturated carbocycles. The van der Waals surface area contributed by atoms with Gasteiger partial charge in [-0.15, -0.1) is 0 Å². The van der Waals surface area contributed by atoms with Crippen molar-refractivity contribution in [2.75, 3.05) is 0 Å². The highest BCUT2D eigenvalue weighted by molar-refractivity contribution is 7.89. The highest BCUT2D eigenvalue weighted by Gasteiger charge is 2.21. The van der Waals surface area contributed by atoms with Gasteiger partial charge >= 0.3 is 5.97 Å². The normalized spacial score (nSPS) is 13.3. The van der Waals surface area contributed by atoms with Crippen LogP contribution in [0.5, 0.6) is 0 Å². The molecule has 0 aliphatic heterocycles. The number of carbonyl (C=O) groups is 1. The van der Waals surface area contributed by atoms with Gasteiger partial charge in [-0.1, -0.05) is 23.2 Å². The van der Waals surface area contributed by atoms with Gasteiger partial charge in [-0.3, -0.25) is 4.79 Å². The smallest absolute Gasteiger partial charge is 0.304 e. The van der Waals surface area contributed by atoms with Crippen LogP contribution in [0.1, 0.15) is 13.3 Å². The van der Waals surface area contributed by atoms with Gasteiger partial charge < -0.3 is 5.11 Å². The van der Waals surface area contributed by atoms with Crippen molar-refractivity contribution >= 4 is 39.2 Å². The number of benzene rings is 1. The van der Waals surface area contributed by atoms with Crippen molar-refractivity contribution in [1.29, 1.82) is 0 Å². The number of aliphatic carboxylic acids is 1. The van der Waals surface area contributed by atoms with Gasteiger partial charge in [0.2, 0.25) is 10.0 Å². The average Bonchev–Trinajstić information content (AvgIpc) is 2.19. The molecule has 0 amide bonds. The second-order valence-electron chi connectivity index (χ2n) is 3.69. The van der Waals surface area contributed by atoms with Crippen LogP contribution in [0.3, 0.4) is 0 Å². The van der Waals surface area contributed by atoms with Gasteiger partial charge in [0.05, 0.1) is 11.4 Å². The summed E-state index contributed by atoms with van der Waals surface area (Å²) in [5.74, 6) is -1.10. The number of hydrogen-bond acceptors (Lipinski definition) is 3. The molecular formula is C10H11Cl2NO4S. The monoisotopic (exact) mass is 311 g/mol. The molecule has 0 aliphatic rings. The van der Waals surface area contributed by atoms with Crippen LogP contribution in [0.4, 0.5) is 0 Å². The number of carboxylic acids is 1. The van der Waals surface area contributed by atoms with Crippen molar-refractivity contribution in [3.63, 3.8) is 0 Å². The van der Waals surface area contributed by atoms with Gasteiger partial charge in [-0.2, -0.15) is 0 Å². The van der Waals surface area contributed by atoms with Gasteiger partial charge in [-0.25, -0.2) is 13.1 Å². The molecule has 0 heterocycles. The van der Waals surface area contributed by atoms with E-state index in [-0.39, 0.29) is 21.4 Å². The molecule has 18 heavy (non-hydrogen) atoms. The number of halogens is 2. The topological polar surface area (TPSA) is 83.5 Å². The Morgan fingerprint density at radius 1 is 1.44 bits per heavy atom. The molecular weight excluding hydrogens is 301 g/mol. The molecule has 0 fully saturated rings. The zero-order chi connectivity index (χ0) is 13.9. The van der Waals surface area contributed by atoms with Crippen LogP contribution >= 0.6 is 23.2 Å². The quantitative estimate of drug-likeness (QED) is 0.872. The summed E-state index contributed by atoms with van der Waals surface area (Å²) in [4.78, 5) is 10.3. The lowest BCUT2D eigenvalue weighted by Gasteiger charge is -2.13. The zero-order valence-corrected chi connectivity index (χ0v) is 11.7. The fourth-order valence-corrected chi connectivity index (χ4v) is 3.32. The van der Waals surface area contributed by atoms with E-state index in [2.05, 4.69) is 4.72 Å². The summed E-state index contributed by atoms with van der Waals surface area (Å²) in [6.07, 6.45) is -0.322. The third kappa shape index (κ3) is 4.13. The minimum atomic E-state index is -3.89. The highest BCUT2D eigenvalue weighted by atomic mass is 35.5. The lowest BCUT2D eigenvalue weighted by atomic mass is 10.3. The van der Waals surface area contributed by atoms with Crippen molar-refractivity contribution in [3.8, 4) is 0 Å². The Balaban J connectivity index is 2.99. The van der Waals surface area contributed by atoms with E-state index in [1.807, 2.05) is 0 Å². The number of carboxylic acid groups (broad SMARTS) is 1. The molecule has 0 aliphatic carbocycles. The van der Waals surface area contributed by atoms with Crippen molar-refractivity contribution < 1.29 is 18.3 Å². The van der Waals surface area contributed by atoms with Crippen molar-refractivity contribution in [2.24, 2.45) is 0 Å². The molecule has 1 aromatic rings. The number of sulfonamides is 1. The van der Waals surface area contributed by atoms with E-state index in [1.165, 1.54) is 25.1 Å². The summed E-state index contributed by atoms with van der Waals surface area (Å²) in [5, 5.41) is 8.82. The molecule has 1 unspecified atom stereocenters. The maximum atomic E-state index is 12.0. The Labute approximate surface area is 115 Å². The van der Waals surface area contributed by atoms with Crippen molar-refractivity contribution in [1.82, 2.24) is 4.72 Å². The average molecular weight is 312 g/mol. The molecule has 5 nitrogen and oxygen atoms in total. The summed E-state index contributed by atoms with van der Waals surface area (Å²) in [6.45, 7) is 1.45. The molecule has 1 rings (SSSR count). The molecule has 1 atom stereocenters. The van der Waals surface area contributed by atoms with E-state index >= 15 is 0 Å². The second-order valence-corrected chi connectivity index (χ2v) is 6.22. The molecule has 8 heteroatoms. The summed E-state index contributed by atoms with van der Waals surface area (Å²) in [6, 6.07) is 3.28. The molecule has 0 saturated heterocycles. The van der Waals surface area contributed by atoms with E-state index in [0.29, 0.717) is 0 Å². The van der Waals surface area contributed by atoms with Gasteiger partial charge in [0.25, 0.3) is 0 Å². The molecule has 0 bridgehead atoms. The Bertz CT molecular complexity index is 559. The molecule has 1 aromatic carbocycles. The van der Waals surface area contributed by atoms with Crippen LogP contribution in [-0.4, -0.2) is 25.5 Å². The number of hydrogen-bond donors (Lipinski definition) is 2. The third-order valence-electron chi connectivity index (χ3n) is 2.02. The lowest BCUT2D eigenvalue weighted by molar-refractivity contribution is -0.137. The Hall–Kier alpha value is -0.820. The van der Waals surface area contributed by atoms with E-state index in [0.717, 1.165) is 0 Å². The van der Waals surface area contributed by atoms with E-state index < -0.39 is 22.0 Å². The van der Waals surface area contributed by atoms with E-state index in [4.69, 9.17) is 28.3 Å². The first-order valence-electron chi connectivity index (χ1n) is 4.91. The first kappa shape index (κ1) is 15.2. The van der Waals surface area contributed by atoms with Gasteiger partial charge in [-0.05, 0) is 25.1 Å². The lowest BCUT2D eigenvalue weighted by Crippen LogP contribution is -2.34. The number of nitrogens with one attached hydrogen (secondary N) is 1. The van der Waals surface area contributed by atoms with Crippen LogP contribution < -0.4 is 4.72 Å². The Morgan fingerprint density at radius 2 is 2.06 bits per heavy atom. The maximum Gasteiger partial charge on any atom is 0.304 e. The first-order chi connectivity index (χ1) is 8.22. The number of rotatable bonds is 5. The van der Waals surface area contributed by atoms with Gasteiger partial charge in [0.15, 0.2) is 0 Å². The molecule has 0 spiro atoms.